The number of hydrogen-bond acceptors (Lipinski definition) is 2. The molecule has 0 amide bonds. The Morgan fingerprint density at radius 3 is 2.44 bits per heavy atom. The van der Waals surface area contributed by atoms with E-state index in [-0.39, 0.29) is 61.1 Å². The molecule has 0 aromatic heterocycles. The van der Waals surface area contributed by atoms with E-state index in [4.69, 9.17) is 0 Å². The summed E-state index contributed by atoms with van der Waals surface area (Å²) in [5, 5.41) is 0. The SMILES string of the molecule is CCCC(=O)CC=O.[Ba]. The molecule has 0 N–H and O–H groups in total. The molecule has 2 radical (unpaired) electrons. The number of aldehydes is 1. The van der Waals surface area contributed by atoms with E-state index < -0.39 is 0 Å². The van der Waals surface area contributed by atoms with Gasteiger partial charge in [0.25, 0.3) is 0 Å². The maximum absolute atomic E-state index is 10.4. The number of hydrogen-bond donors (Lipinski definition) is 0. The number of rotatable bonds is 4. The van der Waals surface area contributed by atoms with Crippen LogP contribution in [0.5, 0.6) is 0 Å². The van der Waals surface area contributed by atoms with Crippen LogP contribution in [0.15, 0.2) is 0 Å². The first-order valence-electron chi connectivity index (χ1n) is 2.76. The predicted octanol–water partition coefficient (Wildman–Crippen LogP) is 0.564. The van der Waals surface area contributed by atoms with Gasteiger partial charge < -0.3 is 4.79 Å². The standard InChI is InChI=1S/C6H10O2.Ba/c1-2-3-6(8)4-5-7;/h5H,2-4H2,1H3;. The minimum Gasteiger partial charge on any atom is -0.303 e. The first-order chi connectivity index (χ1) is 3.81. The molecule has 0 saturated heterocycles. The number of Topliss-reactive ketones (excluding diaryl/α,β-unsaturated/α-hetero) is 1. The van der Waals surface area contributed by atoms with Gasteiger partial charge in [-0.05, 0) is 6.42 Å². The van der Waals surface area contributed by atoms with Crippen molar-refractivity contribution in [3.8, 4) is 0 Å². The van der Waals surface area contributed by atoms with Crippen LogP contribution in [0.4, 0.5) is 0 Å². The van der Waals surface area contributed by atoms with Crippen LogP contribution in [-0.4, -0.2) is 61.0 Å². The third-order valence-corrected chi connectivity index (χ3v) is 0.840. The molecule has 0 saturated carbocycles. The van der Waals surface area contributed by atoms with Gasteiger partial charge in [0.1, 0.15) is 12.1 Å². The summed E-state index contributed by atoms with van der Waals surface area (Å²) in [5.74, 6) is 0.0440. The molecular formula is C6H10BaO2. The predicted molar refractivity (Wildman–Crippen MR) is 36.4 cm³/mol. The van der Waals surface area contributed by atoms with Crippen molar-refractivity contribution in [1.29, 1.82) is 0 Å². The minimum atomic E-state index is 0. The minimum absolute atomic E-state index is 0. The fourth-order valence-corrected chi connectivity index (χ4v) is 0.474. The molecular weight excluding hydrogens is 241 g/mol. The van der Waals surface area contributed by atoms with Gasteiger partial charge in [-0.2, -0.15) is 0 Å². The van der Waals surface area contributed by atoms with Crippen molar-refractivity contribution in [3.05, 3.63) is 0 Å². The molecule has 9 heavy (non-hydrogen) atoms. The topological polar surface area (TPSA) is 34.1 Å². The van der Waals surface area contributed by atoms with Gasteiger partial charge in [0.05, 0.1) is 6.42 Å². The zero-order chi connectivity index (χ0) is 6.41. The second-order valence-corrected chi connectivity index (χ2v) is 1.66. The molecule has 0 bridgehead atoms. The monoisotopic (exact) mass is 252 g/mol. The Hall–Kier alpha value is 0.911. The van der Waals surface area contributed by atoms with E-state index in [1.54, 1.807) is 0 Å². The van der Waals surface area contributed by atoms with Crippen molar-refractivity contribution in [1.82, 2.24) is 0 Å². The maximum Gasteiger partial charge on any atom is 0.139 e. The van der Waals surface area contributed by atoms with Crippen molar-refractivity contribution in [2.24, 2.45) is 0 Å². The van der Waals surface area contributed by atoms with Crippen LogP contribution in [0.1, 0.15) is 26.2 Å². The van der Waals surface area contributed by atoms with Crippen LogP contribution in [0.25, 0.3) is 0 Å². The van der Waals surface area contributed by atoms with Crippen molar-refractivity contribution in [3.63, 3.8) is 0 Å². The van der Waals surface area contributed by atoms with Crippen LogP contribution < -0.4 is 0 Å². The third-order valence-electron chi connectivity index (χ3n) is 0.840. The molecule has 0 aliphatic carbocycles. The Morgan fingerprint density at radius 1 is 1.56 bits per heavy atom. The number of ketones is 1. The molecule has 0 aliphatic heterocycles. The summed E-state index contributed by atoms with van der Waals surface area (Å²) in [6, 6.07) is 0. The van der Waals surface area contributed by atoms with E-state index in [0.29, 0.717) is 12.7 Å². The summed E-state index contributed by atoms with van der Waals surface area (Å²) in [7, 11) is 0. The van der Waals surface area contributed by atoms with Crippen molar-refractivity contribution >= 4 is 61.0 Å². The second kappa shape index (κ2) is 8.91. The summed E-state index contributed by atoms with van der Waals surface area (Å²) in [6.07, 6.45) is 2.12. The summed E-state index contributed by atoms with van der Waals surface area (Å²) in [6.45, 7) is 1.92. The van der Waals surface area contributed by atoms with Crippen LogP contribution in [0.2, 0.25) is 0 Å². The zero-order valence-corrected chi connectivity index (χ0v) is 10.2. The van der Waals surface area contributed by atoms with Crippen LogP contribution >= 0.6 is 0 Å². The van der Waals surface area contributed by atoms with E-state index in [2.05, 4.69) is 0 Å². The van der Waals surface area contributed by atoms with E-state index in [9.17, 15) is 9.59 Å². The average molecular weight is 251 g/mol. The molecule has 0 aromatic carbocycles. The van der Waals surface area contributed by atoms with Crippen molar-refractivity contribution < 1.29 is 9.59 Å². The van der Waals surface area contributed by atoms with Gasteiger partial charge in [0.2, 0.25) is 0 Å². The summed E-state index contributed by atoms with van der Waals surface area (Å²) in [4.78, 5) is 20.1. The molecule has 0 aliphatic rings. The molecule has 0 atom stereocenters. The van der Waals surface area contributed by atoms with Crippen LogP contribution in [0.3, 0.4) is 0 Å². The Labute approximate surface area is 95.5 Å². The van der Waals surface area contributed by atoms with Gasteiger partial charge in [-0.3, -0.25) is 4.79 Å². The van der Waals surface area contributed by atoms with Gasteiger partial charge in [0.15, 0.2) is 0 Å². The van der Waals surface area contributed by atoms with Gasteiger partial charge in [-0.25, -0.2) is 0 Å². The fraction of sp³-hybridized carbons (Fsp3) is 0.667. The molecule has 0 unspecified atom stereocenters. The largest absolute Gasteiger partial charge is 0.303 e. The molecule has 0 spiro atoms. The molecule has 2 nitrogen and oxygen atoms in total. The van der Waals surface area contributed by atoms with E-state index in [0.717, 1.165) is 6.42 Å². The third kappa shape index (κ3) is 8.91. The van der Waals surface area contributed by atoms with Gasteiger partial charge >= 0.3 is 0 Å². The normalized spacial score (nSPS) is 7.67. The van der Waals surface area contributed by atoms with E-state index in [1.165, 1.54) is 0 Å². The quantitative estimate of drug-likeness (QED) is 0.416. The van der Waals surface area contributed by atoms with Crippen LogP contribution in [0, 0.1) is 0 Å². The Bertz CT molecular complexity index is 91.1. The van der Waals surface area contributed by atoms with Gasteiger partial charge in [0, 0.05) is 55.3 Å². The zero-order valence-electron chi connectivity index (χ0n) is 5.72. The number of carbonyl (C=O) groups is 2. The molecule has 0 aromatic rings. The summed E-state index contributed by atoms with van der Waals surface area (Å²) < 4.78 is 0. The first kappa shape index (κ1) is 12.6. The Morgan fingerprint density at radius 2 is 2.11 bits per heavy atom. The molecule has 0 rings (SSSR count). The smallest absolute Gasteiger partial charge is 0.139 e. The maximum atomic E-state index is 10.4. The summed E-state index contributed by atoms with van der Waals surface area (Å²) in [5.41, 5.74) is 0. The second-order valence-electron chi connectivity index (χ2n) is 1.66. The average Bonchev–Trinajstić information content (AvgIpc) is 1.68. The fourth-order valence-electron chi connectivity index (χ4n) is 0.474. The van der Waals surface area contributed by atoms with E-state index in [1.807, 2.05) is 6.92 Å². The molecule has 3 heteroatoms. The van der Waals surface area contributed by atoms with Crippen molar-refractivity contribution in [2.45, 2.75) is 26.2 Å². The molecule has 0 fully saturated rings. The summed E-state index contributed by atoms with van der Waals surface area (Å²) >= 11 is 0. The van der Waals surface area contributed by atoms with Gasteiger partial charge in [-0.15, -0.1) is 0 Å². The Balaban J connectivity index is 0. The van der Waals surface area contributed by atoms with Crippen LogP contribution in [-0.2, 0) is 9.59 Å². The van der Waals surface area contributed by atoms with Crippen molar-refractivity contribution in [2.75, 3.05) is 0 Å². The first-order valence-corrected chi connectivity index (χ1v) is 2.76. The number of carbonyl (C=O) groups excluding carboxylic acids is 2. The Kier molecular flexibility index (Phi) is 12.5. The molecule has 0 heterocycles. The molecule has 48 valence electrons. The van der Waals surface area contributed by atoms with Gasteiger partial charge in [-0.1, -0.05) is 6.92 Å². The van der Waals surface area contributed by atoms with E-state index >= 15 is 0 Å².